The van der Waals surface area contributed by atoms with Crippen molar-refractivity contribution in [3.05, 3.63) is 36.5 Å². The fraction of sp³-hybridized carbons (Fsp3) is 0.500. The minimum atomic E-state index is -1.91. The van der Waals surface area contributed by atoms with E-state index < -0.39 is 8.32 Å². The average molecular weight is 291 g/mol. The van der Waals surface area contributed by atoms with Crippen molar-refractivity contribution >= 4 is 19.2 Å². The molecule has 4 heteroatoms. The van der Waals surface area contributed by atoms with Gasteiger partial charge in [-0.1, -0.05) is 39.0 Å². The molecule has 0 bridgehead atoms. The molecule has 1 aromatic carbocycles. The first kappa shape index (κ1) is 15.3. The maximum Gasteiger partial charge on any atom is 0.194 e. The molecule has 0 amide bonds. The average Bonchev–Trinajstić information content (AvgIpc) is 2.78. The standard InChI is InChI=1S/C16H25NO2Si/c1-16(2,3)20(4,5)19-15(12-18)17-11-10-13-8-6-7-9-14(13)17/h6-11,15,18H,12H2,1-5H3. The zero-order valence-electron chi connectivity index (χ0n) is 13.1. The first-order valence-corrected chi connectivity index (χ1v) is 10.0. The van der Waals surface area contributed by atoms with E-state index in [9.17, 15) is 5.11 Å². The van der Waals surface area contributed by atoms with Crippen molar-refractivity contribution in [1.82, 2.24) is 4.57 Å². The summed E-state index contributed by atoms with van der Waals surface area (Å²) in [4.78, 5) is 0. The van der Waals surface area contributed by atoms with Crippen LogP contribution in [0.25, 0.3) is 10.9 Å². The van der Waals surface area contributed by atoms with Crippen LogP contribution in [0.15, 0.2) is 36.5 Å². The molecule has 0 aliphatic heterocycles. The van der Waals surface area contributed by atoms with E-state index in [0.29, 0.717) is 0 Å². The molecule has 0 fully saturated rings. The molecule has 1 heterocycles. The van der Waals surface area contributed by atoms with Crippen LogP contribution in [0.3, 0.4) is 0 Å². The molecule has 2 rings (SSSR count). The minimum Gasteiger partial charge on any atom is -0.395 e. The number of aromatic nitrogens is 1. The number of hydrogen-bond donors (Lipinski definition) is 1. The molecule has 3 nitrogen and oxygen atoms in total. The van der Waals surface area contributed by atoms with Gasteiger partial charge in [-0.05, 0) is 35.7 Å². The Morgan fingerprint density at radius 2 is 1.85 bits per heavy atom. The predicted octanol–water partition coefficient (Wildman–Crippen LogP) is 4.15. The maximum absolute atomic E-state index is 9.76. The molecule has 20 heavy (non-hydrogen) atoms. The number of rotatable bonds is 4. The Bertz CT molecular complexity index is 583. The highest BCUT2D eigenvalue weighted by Crippen LogP contribution is 2.39. The van der Waals surface area contributed by atoms with Crippen LogP contribution in [0, 0.1) is 0 Å². The second-order valence-electron chi connectivity index (χ2n) is 6.80. The lowest BCUT2D eigenvalue weighted by molar-refractivity contribution is 0.0524. The van der Waals surface area contributed by atoms with Crippen LogP contribution >= 0.6 is 0 Å². The SMILES string of the molecule is CC(C)(C)[Si](C)(C)OC(CO)n1ccc2ccccc21. The summed E-state index contributed by atoms with van der Waals surface area (Å²) in [6.07, 6.45) is 1.69. The lowest BCUT2D eigenvalue weighted by Gasteiger charge is -2.39. The molecule has 1 unspecified atom stereocenters. The van der Waals surface area contributed by atoms with Crippen LogP contribution in [0.1, 0.15) is 27.0 Å². The van der Waals surface area contributed by atoms with E-state index in [0.717, 1.165) is 5.52 Å². The van der Waals surface area contributed by atoms with Crippen molar-refractivity contribution in [3.8, 4) is 0 Å². The molecule has 2 aromatic rings. The highest BCUT2D eigenvalue weighted by molar-refractivity contribution is 6.74. The second kappa shape index (κ2) is 5.35. The quantitative estimate of drug-likeness (QED) is 0.859. The monoisotopic (exact) mass is 291 g/mol. The number of hydrogen-bond acceptors (Lipinski definition) is 2. The predicted molar refractivity (Wildman–Crippen MR) is 86.3 cm³/mol. The van der Waals surface area contributed by atoms with Gasteiger partial charge < -0.3 is 14.1 Å². The Balaban J connectivity index is 2.34. The zero-order valence-corrected chi connectivity index (χ0v) is 14.1. The Hall–Kier alpha value is -1.10. The first-order chi connectivity index (χ1) is 9.26. The van der Waals surface area contributed by atoms with Crippen LogP contribution in [-0.4, -0.2) is 24.6 Å². The molecule has 0 radical (unpaired) electrons. The fourth-order valence-corrected chi connectivity index (χ4v) is 3.28. The molecular formula is C16H25NO2Si. The number of nitrogens with zero attached hydrogens (tertiary/aromatic N) is 1. The van der Waals surface area contributed by atoms with E-state index in [-0.39, 0.29) is 17.9 Å². The molecule has 1 atom stereocenters. The van der Waals surface area contributed by atoms with Crippen molar-refractivity contribution in [2.24, 2.45) is 0 Å². The van der Waals surface area contributed by atoms with E-state index in [1.54, 1.807) is 0 Å². The molecule has 0 saturated carbocycles. The lowest BCUT2D eigenvalue weighted by Crippen LogP contribution is -2.43. The van der Waals surface area contributed by atoms with Gasteiger partial charge in [-0.3, -0.25) is 0 Å². The smallest absolute Gasteiger partial charge is 0.194 e. The Kier molecular flexibility index (Phi) is 4.09. The van der Waals surface area contributed by atoms with Gasteiger partial charge in [-0.15, -0.1) is 0 Å². The van der Waals surface area contributed by atoms with E-state index in [1.807, 2.05) is 22.9 Å². The van der Waals surface area contributed by atoms with E-state index in [4.69, 9.17) is 4.43 Å². The summed E-state index contributed by atoms with van der Waals surface area (Å²) in [7, 11) is -1.91. The van der Waals surface area contributed by atoms with Gasteiger partial charge in [0.05, 0.1) is 12.1 Å². The summed E-state index contributed by atoms with van der Waals surface area (Å²) in [5.41, 5.74) is 1.10. The second-order valence-corrected chi connectivity index (χ2v) is 11.6. The van der Waals surface area contributed by atoms with Gasteiger partial charge in [0.25, 0.3) is 0 Å². The summed E-state index contributed by atoms with van der Waals surface area (Å²) < 4.78 is 8.39. The van der Waals surface area contributed by atoms with Crippen molar-refractivity contribution in [2.45, 2.75) is 45.1 Å². The molecule has 1 N–H and O–H groups in total. The van der Waals surface area contributed by atoms with Crippen LogP contribution in [0.5, 0.6) is 0 Å². The number of fused-ring (bicyclic) bond motifs is 1. The highest BCUT2D eigenvalue weighted by atomic mass is 28.4. The number of aliphatic hydroxyl groups excluding tert-OH is 1. The minimum absolute atomic E-state index is 0.00875. The number of para-hydroxylation sites is 1. The molecular weight excluding hydrogens is 266 g/mol. The van der Waals surface area contributed by atoms with E-state index in [1.165, 1.54) is 5.39 Å². The van der Waals surface area contributed by atoms with Crippen molar-refractivity contribution in [2.75, 3.05) is 6.61 Å². The third-order valence-electron chi connectivity index (χ3n) is 4.33. The van der Waals surface area contributed by atoms with Gasteiger partial charge in [0.2, 0.25) is 0 Å². The molecule has 0 aliphatic carbocycles. The van der Waals surface area contributed by atoms with Gasteiger partial charge >= 0.3 is 0 Å². The maximum atomic E-state index is 9.76. The lowest BCUT2D eigenvalue weighted by atomic mass is 10.2. The van der Waals surface area contributed by atoms with Gasteiger partial charge in [0.1, 0.15) is 6.23 Å². The Labute approximate surface area is 122 Å². The summed E-state index contributed by atoms with van der Waals surface area (Å²) in [6.45, 7) is 11.0. The third-order valence-corrected chi connectivity index (χ3v) is 8.81. The summed E-state index contributed by atoms with van der Waals surface area (Å²) >= 11 is 0. The zero-order chi connectivity index (χ0) is 15.0. The van der Waals surface area contributed by atoms with Crippen LogP contribution in [0.2, 0.25) is 18.1 Å². The molecule has 0 spiro atoms. The number of aliphatic hydroxyl groups is 1. The van der Waals surface area contributed by atoms with Crippen LogP contribution < -0.4 is 0 Å². The first-order valence-electron chi connectivity index (χ1n) is 7.10. The molecule has 110 valence electrons. The molecule has 0 aliphatic rings. The fourth-order valence-electron chi connectivity index (χ4n) is 2.05. The normalized spacial score (nSPS) is 14.7. The third kappa shape index (κ3) is 2.82. The van der Waals surface area contributed by atoms with Crippen molar-refractivity contribution < 1.29 is 9.53 Å². The summed E-state index contributed by atoms with van der Waals surface area (Å²) in [6, 6.07) is 10.2. The summed E-state index contributed by atoms with van der Waals surface area (Å²) in [5.74, 6) is 0. The van der Waals surface area contributed by atoms with Crippen molar-refractivity contribution in [1.29, 1.82) is 0 Å². The van der Waals surface area contributed by atoms with Gasteiger partial charge in [0, 0.05) is 6.20 Å². The topological polar surface area (TPSA) is 34.4 Å². The van der Waals surface area contributed by atoms with Gasteiger partial charge in [0.15, 0.2) is 8.32 Å². The molecule has 1 aromatic heterocycles. The number of benzene rings is 1. The Morgan fingerprint density at radius 3 is 2.45 bits per heavy atom. The van der Waals surface area contributed by atoms with Crippen LogP contribution in [-0.2, 0) is 4.43 Å². The largest absolute Gasteiger partial charge is 0.395 e. The summed E-state index contributed by atoms with van der Waals surface area (Å²) in [5, 5.41) is 11.1. The Morgan fingerprint density at radius 1 is 1.20 bits per heavy atom. The van der Waals surface area contributed by atoms with Crippen molar-refractivity contribution in [3.63, 3.8) is 0 Å². The highest BCUT2D eigenvalue weighted by Gasteiger charge is 2.39. The van der Waals surface area contributed by atoms with E-state index >= 15 is 0 Å². The van der Waals surface area contributed by atoms with Gasteiger partial charge in [-0.2, -0.15) is 0 Å². The molecule has 0 saturated heterocycles. The van der Waals surface area contributed by atoms with E-state index in [2.05, 4.69) is 52.1 Å². The van der Waals surface area contributed by atoms with Gasteiger partial charge in [-0.25, -0.2) is 0 Å². The van der Waals surface area contributed by atoms with Crippen LogP contribution in [0.4, 0.5) is 0 Å².